The molecule has 4 fully saturated rings. The van der Waals surface area contributed by atoms with Gasteiger partial charge in [0, 0.05) is 49.2 Å². The number of hydrogen-bond acceptors (Lipinski definition) is 20. The zero-order valence-electron chi connectivity index (χ0n) is 18.1. The van der Waals surface area contributed by atoms with E-state index in [-0.39, 0.29) is 0 Å². The van der Waals surface area contributed by atoms with Gasteiger partial charge in [-0.05, 0) is 0 Å². The van der Waals surface area contributed by atoms with Crippen molar-refractivity contribution in [1.82, 2.24) is 0 Å². The molecule has 4 bridgehead atoms. The summed E-state index contributed by atoms with van der Waals surface area (Å²) in [5, 5.41) is 123. The number of rotatable bonds is 10. The van der Waals surface area contributed by atoms with Crippen LogP contribution in [0.2, 0.25) is 0 Å². The molecule has 0 aromatic carbocycles. The van der Waals surface area contributed by atoms with Crippen LogP contribution in [-0.2, 0) is 0 Å². The third-order valence-corrected chi connectivity index (χ3v) is 7.79. The van der Waals surface area contributed by atoms with E-state index < -0.39 is 108 Å². The summed E-state index contributed by atoms with van der Waals surface area (Å²) in [5.74, 6) is 0. The molecule has 4 aliphatic carbocycles. The molecule has 0 atom stereocenters. The van der Waals surface area contributed by atoms with Crippen molar-refractivity contribution in [1.29, 1.82) is 0 Å². The predicted octanol–water partition coefficient (Wildman–Crippen LogP) is -4.04. The predicted molar refractivity (Wildman–Crippen MR) is 104 cm³/mol. The maximum atomic E-state index is 12.4. The molecule has 216 valence electrons. The molecule has 30 heteroatoms. The molecule has 0 saturated heterocycles. The average Bonchev–Trinajstić information content (AvgIpc) is 2.75. The van der Waals surface area contributed by atoms with Gasteiger partial charge >= 0.3 is 58.4 Å². The lowest BCUT2D eigenvalue weighted by Crippen LogP contribution is -3.09. The fraction of sp³-hybridized carbons (Fsp3) is 1.00. The van der Waals surface area contributed by atoms with E-state index >= 15 is 0 Å². The Morgan fingerprint density at radius 3 is 0.425 bits per heavy atom. The van der Waals surface area contributed by atoms with E-state index in [1.165, 1.54) is 0 Å². The summed E-state index contributed by atoms with van der Waals surface area (Å²) in [6.45, 7) is 0. The largest absolute Gasteiger partial charge is 0.441 e. The van der Waals surface area contributed by atoms with Crippen LogP contribution in [0.5, 0.6) is 0 Å². The van der Waals surface area contributed by atoms with Crippen molar-refractivity contribution in [2.75, 3.05) is 0 Å². The Bertz CT molecular complexity index is 1100. The van der Waals surface area contributed by atoms with E-state index in [1.807, 2.05) is 0 Å². The molecule has 40 heavy (non-hydrogen) atoms. The first kappa shape index (κ1) is 28.6. The fourth-order valence-corrected chi connectivity index (χ4v) is 7.24. The summed E-state index contributed by atoms with van der Waals surface area (Å²) in [4.78, 5) is 98.4. The molecule has 0 aromatic rings. The molecular formula is C10H6N10O20. The Kier molecular flexibility index (Phi) is 5.54. The Labute approximate surface area is 210 Å². The summed E-state index contributed by atoms with van der Waals surface area (Å²) in [6.07, 6.45) is 0. The first-order valence-corrected chi connectivity index (χ1v) is 9.56. The van der Waals surface area contributed by atoms with Crippen LogP contribution in [0.3, 0.4) is 0 Å². The minimum absolute atomic E-state index is 2.40. The van der Waals surface area contributed by atoms with E-state index in [9.17, 15) is 101 Å². The highest BCUT2D eigenvalue weighted by atomic mass is 16.7. The van der Waals surface area contributed by atoms with Gasteiger partial charge in [-0.1, -0.05) is 0 Å². The van der Waals surface area contributed by atoms with Gasteiger partial charge in [0.05, 0.1) is 0 Å². The minimum atomic E-state index is -5.27. The van der Waals surface area contributed by atoms with E-state index in [1.54, 1.807) is 0 Å². The molecule has 30 nitrogen and oxygen atoms in total. The van der Waals surface area contributed by atoms with Crippen molar-refractivity contribution < 1.29 is 49.2 Å². The first-order chi connectivity index (χ1) is 18.2. The lowest BCUT2D eigenvalue weighted by molar-refractivity contribution is -0.920. The van der Waals surface area contributed by atoms with Gasteiger partial charge in [-0.15, -0.1) is 0 Å². The van der Waals surface area contributed by atoms with Crippen LogP contribution in [0.15, 0.2) is 0 Å². The average molecular weight is 586 g/mol. The fourth-order valence-electron chi connectivity index (χ4n) is 7.24. The van der Waals surface area contributed by atoms with Gasteiger partial charge in [-0.3, -0.25) is 101 Å². The van der Waals surface area contributed by atoms with Gasteiger partial charge < -0.3 is 0 Å². The molecule has 4 aliphatic rings. The van der Waals surface area contributed by atoms with Crippen molar-refractivity contribution in [3.8, 4) is 0 Å². The van der Waals surface area contributed by atoms with E-state index in [2.05, 4.69) is 0 Å². The van der Waals surface area contributed by atoms with Crippen LogP contribution >= 0.6 is 0 Å². The normalized spacial score (nSPS) is 40.9. The van der Waals surface area contributed by atoms with Crippen molar-refractivity contribution in [3.05, 3.63) is 101 Å². The zero-order valence-corrected chi connectivity index (χ0v) is 18.1. The van der Waals surface area contributed by atoms with E-state index in [0.717, 1.165) is 0 Å². The van der Waals surface area contributed by atoms with Crippen LogP contribution in [0.4, 0.5) is 0 Å². The lowest BCUT2D eigenvalue weighted by atomic mass is 9.34. The van der Waals surface area contributed by atoms with Gasteiger partial charge in [0.15, 0.2) is 0 Å². The van der Waals surface area contributed by atoms with Crippen LogP contribution in [0.25, 0.3) is 0 Å². The summed E-state index contributed by atoms with van der Waals surface area (Å²) >= 11 is 0. The standard InChI is InChI=1S/C10H6N10O20/c21-11(22)1-7(17(33)34)2(12(23)24)9(19(37)38)4(14(27)28)8(1,18(35)36)5(15(29)30)10(20(39)40,3(7)13(25)26)6(9)16(31)32/h1-6H. The van der Waals surface area contributed by atoms with E-state index in [0.29, 0.717) is 0 Å². The second-order valence-corrected chi connectivity index (χ2v) is 8.70. The van der Waals surface area contributed by atoms with Crippen molar-refractivity contribution >= 4 is 0 Å². The molecule has 0 unspecified atom stereocenters. The zero-order chi connectivity index (χ0) is 31.2. The van der Waals surface area contributed by atoms with Gasteiger partial charge in [0.25, 0.3) is 0 Å². The minimum Gasteiger partial charge on any atom is -0.264 e. The van der Waals surface area contributed by atoms with Crippen LogP contribution in [0, 0.1) is 101 Å². The Morgan fingerprint density at radius 1 is 0.275 bits per heavy atom. The van der Waals surface area contributed by atoms with Crippen molar-refractivity contribution in [2.45, 2.75) is 58.4 Å². The summed E-state index contributed by atoms with van der Waals surface area (Å²) in [5.41, 5.74) is -21.1. The highest BCUT2D eigenvalue weighted by Gasteiger charge is 3.24. The van der Waals surface area contributed by atoms with Gasteiger partial charge in [-0.25, -0.2) is 0 Å². The number of hydrogen-bond donors (Lipinski definition) is 0. The van der Waals surface area contributed by atoms with Crippen LogP contribution in [0.1, 0.15) is 0 Å². The molecule has 0 N–H and O–H groups in total. The maximum absolute atomic E-state index is 12.4. The Balaban J connectivity index is 3.05. The lowest BCUT2D eigenvalue weighted by Gasteiger charge is -2.55. The van der Waals surface area contributed by atoms with Crippen LogP contribution < -0.4 is 0 Å². The SMILES string of the molecule is O=[N+]([O-])C1C2([N+](=O)[O-])C([N+](=O)[O-])C3([N+](=O)[O-])C([N+](=O)[O-])C1([N+](=O)[O-])C([N+](=O)[O-])C([N+](=O)[O-])(C2[N+](=O)[O-])C3[N+](=O)[O-]. The van der Waals surface area contributed by atoms with E-state index in [4.69, 9.17) is 0 Å². The molecule has 0 aromatic heterocycles. The highest BCUT2D eigenvalue weighted by Crippen LogP contribution is 2.68. The summed E-state index contributed by atoms with van der Waals surface area (Å²) in [7, 11) is 0. The topological polar surface area (TPSA) is 431 Å². The quantitative estimate of drug-likeness (QED) is 0.173. The van der Waals surface area contributed by atoms with Gasteiger partial charge in [-0.2, -0.15) is 0 Å². The highest BCUT2D eigenvalue weighted by molar-refractivity contribution is 5.42. The smallest absolute Gasteiger partial charge is 0.264 e. The van der Waals surface area contributed by atoms with Gasteiger partial charge in [0.1, 0.15) is 0 Å². The Hall–Kier alpha value is -6.00. The molecular weight excluding hydrogens is 580 g/mol. The van der Waals surface area contributed by atoms with Crippen LogP contribution in [-0.4, -0.2) is 108 Å². The molecule has 0 radical (unpaired) electrons. The molecule has 4 rings (SSSR count). The molecule has 0 heterocycles. The monoisotopic (exact) mass is 586 g/mol. The van der Waals surface area contributed by atoms with Crippen molar-refractivity contribution in [3.63, 3.8) is 0 Å². The third kappa shape index (κ3) is 2.37. The molecule has 0 amide bonds. The summed E-state index contributed by atoms with van der Waals surface area (Å²) in [6, 6.07) is -27.1. The van der Waals surface area contributed by atoms with Gasteiger partial charge in [0.2, 0.25) is 0 Å². The maximum Gasteiger partial charge on any atom is 0.441 e. The van der Waals surface area contributed by atoms with Crippen molar-refractivity contribution in [2.24, 2.45) is 0 Å². The number of nitro groups is 10. The second-order valence-electron chi connectivity index (χ2n) is 8.70. The summed E-state index contributed by atoms with van der Waals surface area (Å²) < 4.78 is 0. The molecule has 4 saturated carbocycles. The first-order valence-electron chi connectivity index (χ1n) is 9.56. The third-order valence-electron chi connectivity index (χ3n) is 7.79. The number of nitrogens with zero attached hydrogens (tertiary/aromatic N) is 10. The Morgan fingerprint density at radius 2 is 0.375 bits per heavy atom. The molecule has 0 spiro atoms. The second kappa shape index (κ2) is 7.76. The molecule has 0 aliphatic heterocycles.